The third-order valence-electron chi connectivity index (χ3n) is 5.45. The van der Waals surface area contributed by atoms with E-state index >= 15 is 0 Å². The van der Waals surface area contributed by atoms with Crippen LogP contribution in [0.3, 0.4) is 0 Å². The molecular formula is C17H19F5N6O2. The van der Waals surface area contributed by atoms with E-state index in [4.69, 9.17) is 5.73 Å². The average molecular weight is 434 g/mol. The third-order valence-corrected chi connectivity index (χ3v) is 5.45. The van der Waals surface area contributed by atoms with Gasteiger partial charge in [-0.15, -0.1) is 0 Å². The summed E-state index contributed by atoms with van der Waals surface area (Å²) >= 11 is 0. The van der Waals surface area contributed by atoms with E-state index in [0.717, 1.165) is 0 Å². The molecule has 2 amide bonds. The Balaban J connectivity index is 1.83. The molecule has 164 valence electrons. The normalized spacial score (nSPS) is 22.9. The number of rotatable bonds is 6. The summed E-state index contributed by atoms with van der Waals surface area (Å²) in [4.78, 5) is 24.9. The van der Waals surface area contributed by atoms with E-state index in [1.165, 1.54) is 15.8 Å². The number of nitriles is 1. The molecule has 1 aromatic heterocycles. The van der Waals surface area contributed by atoms with Crippen LogP contribution < -0.4 is 11.1 Å². The number of piperidine rings is 1. The summed E-state index contributed by atoms with van der Waals surface area (Å²) in [6, 6.07) is 1.97. The second-order valence-corrected chi connectivity index (χ2v) is 7.66. The lowest BCUT2D eigenvalue weighted by molar-refractivity contribution is -0.150. The summed E-state index contributed by atoms with van der Waals surface area (Å²) in [5.41, 5.74) is 4.04. The molecule has 8 nitrogen and oxygen atoms in total. The first-order valence-corrected chi connectivity index (χ1v) is 9.12. The minimum absolute atomic E-state index is 0.0307. The number of hydrogen-bond acceptors (Lipinski definition) is 5. The van der Waals surface area contributed by atoms with Gasteiger partial charge < -0.3 is 11.1 Å². The summed E-state index contributed by atoms with van der Waals surface area (Å²) in [6.45, 7) is -1.02. The first kappa shape index (κ1) is 21.9. The molecule has 0 bridgehead atoms. The molecule has 3 N–H and O–H groups in total. The van der Waals surface area contributed by atoms with Crippen LogP contribution in [0.25, 0.3) is 0 Å². The number of hydrogen-bond donors (Lipinski definition) is 2. The van der Waals surface area contributed by atoms with Crippen LogP contribution in [0.15, 0.2) is 6.20 Å². The van der Waals surface area contributed by atoms with Gasteiger partial charge in [-0.2, -0.15) is 23.5 Å². The van der Waals surface area contributed by atoms with Crippen molar-refractivity contribution in [1.82, 2.24) is 14.7 Å². The molecule has 2 heterocycles. The number of carbonyl (C=O) groups is 2. The van der Waals surface area contributed by atoms with E-state index in [1.54, 1.807) is 0 Å². The van der Waals surface area contributed by atoms with Crippen molar-refractivity contribution < 1.29 is 31.5 Å². The van der Waals surface area contributed by atoms with Crippen LogP contribution in [0.1, 0.15) is 36.0 Å². The maximum Gasteiger partial charge on any atom is 0.401 e. The molecule has 3 rings (SSSR count). The largest absolute Gasteiger partial charge is 0.401 e. The Morgan fingerprint density at radius 3 is 2.40 bits per heavy atom. The number of likely N-dealkylation sites (tertiary alicyclic amines) is 1. The molecule has 30 heavy (non-hydrogen) atoms. The Kier molecular flexibility index (Phi) is 5.48. The number of amides is 2. The van der Waals surface area contributed by atoms with Gasteiger partial charge in [-0.1, -0.05) is 0 Å². The van der Waals surface area contributed by atoms with E-state index in [2.05, 4.69) is 10.4 Å². The van der Waals surface area contributed by atoms with Crippen LogP contribution in [0.2, 0.25) is 0 Å². The number of nitrogens with zero attached hydrogens (tertiary/aromatic N) is 4. The summed E-state index contributed by atoms with van der Waals surface area (Å²) in [7, 11) is 0. The number of anilines is 1. The van der Waals surface area contributed by atoms with Crippen molar-refractivity contribution in [1.29, 1.82) is 5.26 Å². The van der Waals surface area contributed by atoms with Crippen molar-refractivity contribution in [3.8, 4) is 6.07 Å². The van der Waals surface area contributed by atoms with Crippen molar-refractivity contribution in [2.75, 3.05) is 25.0 Å². The maximum atomic E-state index is 13.1. The molecule has 1 saturated heterocycles. The van der Waals surface area contributed by atoms with Crippen molar-refractivity contribution in [3.05, 3.63) is 11.8 Å². The number of primary amides is 1. The van der Waals surface area contributed by atoms with Crippen molar-refractivity contribution in [2.45, 2.75) is 43.3 Å². The molecule has 13 heteroatoms. The Morgan fingerprint density at radius 2 is 1.93 bits per heavy atom. The van der Waals surface area contributed by atoms with Gasteiger partial charge in [0.1, 0.15) is 11.5 Å². The number of halogens is 5. The molecule has 2 fully saturated rings. The summed E-state index contributed by atoms with van der Waals surface area (Å²) in [5, 5.41) is 15.5. The van der Waals surface area contributed by atoms with Crippen molar-refractivity contribution in [3.63, 3.8) is 0 Å². The first-order chi connectivity index (χ1) is 13.9. The molecule has 1 unspecified atom stereocenters. The third kappa shape index (κ3) is 4.53. The SMILES string of the molecule is N#CCC1(n2cc(C(N)=O)c(NC(=O)C3CC3(F)F)n2)CCN(CC(F)(F)F)CC1. The van der Waals surface area contributed by atoms with Gasteiger partial charge in [0.05, 0.1) is 24.6 Å². The van der Waals surface area contributed by atoms with E-state index < -0.39 is 48.3 Å². The quantitative estimate of drug-likeness (QED) is 0.663. The van der Waals surface area contributed by atoms with Crippen molar-refractivity contribution in [2.24, 2.45) is 11.7 Å². The highest BCUT2D eigenvalue weighted by atomic mass is 19.4. The monoisotopic (exact) mass is 434 g/mol. The number of carbonyl (C=O) groups excluding carboxylic acids is 2. The van der Waals surface area contributed by atoms with Gasteiger partial charge in [0, 0.05) is 25.7 Å². The van der Waals surface area contributed by atoms with E-state index in [0.29, 0.717) is 0 Å². The fourth-order valence-corrected chi connectivity index (χ4v) is 3.61. The van der Waals surface area contributed by atoms with Crippen LogP contribution in [0.4, 0.5) is 27.8 Å². The van der Waals surface area contributed by atoms with E-state index in [9.17, 15) is 36.8 Å². The Bertz CT molecular complexity index is 882. The molecule has 1 aliphatic carbocycles. The Morgan fingerprint density at radius 1 is 1.33 bits per heavy atom. The van der Waals surface area contributed by atoms with E-state index in [-0.39, 0.29) is 43.7 Å². The second-order valence-electron chi connectivity index (χ2n) is 7.66. The number of nitrogens with one attached hydrogen (secondary N) is 1. The van der Waals surface area contributed by atoms with Gasteiger partial charge in [0.2, 0.25) is 5.91 Å². The van der Waals surface area contributed by atoms with Crippen LogP contribution in [-0.4, -0.2) is 58.2 Å². The molecule has 0 aromatic carbocycles. The van der Waals surface area contributed by atoms with Gasteiger partial charge >= 0.3 is 6.18 Å². The standard InChI is InChI=1S/C17H19F5N6O2/c18-16(19)7-11(16)14(30)25-13-10(12(24)29)8-28(26-13)15(1-4-23)2-5-27(6-3-15)9-17(20,21)22/h8,11H,1-3,5-7,9H2,(H2,24,29)(H,25,26,30). The fraction of sp³-hybridized carbons (Fsp3) is 0.647. The number of alkyl halides is 5. The molecular weight excluding hydrogens is 415 g/mol. The molecule has 1 saturated carbocycles. The topological polar surface area (TPSA) is 117 Å². The summed E-state index contributed by atoms with van der Waals surface area (Å²) in [6.07, 6.45) is -3.63. The van der Waals surface area contributed by atoms with Gasteiger partial charge in [-0.3, -0.25) is 19.2 Å². The molecule has 2 aliphatic rings. The zero-order valence-corrected chi connectivity index (χ0v) is 15.7. The highest BCUT2D eigenvalue weighted by molar-refractivity contribution is 6.03. The zero-order chi connectivity index (χ0) is 22.3. The smallest absolute Gasteiger partial charge is 0.365 e. The predicted molar refractivity (Wildman–Crippen MR) is 92.4 cm³/mol. The van der Waals surface area contributed by atoms with Crippen molar-refractivity contribution >= 4 is 17.6 Å². The average Bonchev–Trinajstić information content (AvgIpc) is 3.07. The Labute approximate surface area is 167 Å². The highest BCUT2D eigenvalue weighted by Gasteiger charge is 2.61. The number of aromatic nitrogens is 2. The predicted octanol–water partition coefficient (Wildman–Crippen LogP) is 1.84. The maximum absolute atomic E-state index is 13.1. The van der Waals surface area contributed by atoms with Gasteiger partial charge in [-0.25, -0.2) is 8.78 Å². The van der Waals surface area contributed by atoms with Gasteiger partial charge in [-0.05, 0) is 12.8 Å². The van der Waals surface area contributed by atoms with Crippen LogP contribution in [0.5, 0.6) is 0 Å². The molecule has 1 atom stereocenters. The van der Waals surface area contributed by atoms with Gasteiger partial charge in [0.15, 0.2) is 5.82 Å². The molecule has 0 spiro atoms. The molecule has 1 aromatic rings. The lowest BCUT2D eigenvalue weighted by Gasteiger charge is -2.40. The van der Waals surface area contributed by atoms with Crippen LogP contribution in [0, 0.1) is 17.2 Å². The molecule has 1 aliphatic heterocycles. The van der Waals surface area contributed by atoms with Crippen LogP contribution in [-0.2, 0) is 10.3 Å². The minimum atomic E-state index is -4.36. The first-order valence-electron chi connectivity index (χ1n) is 9.12. The second kappa shape index (κ2) is 7.50. The summed E-state index contributed by atoms with van der Waals surface area (Å²) < 4.78 is 65.4. The van der Waals surface area contributed by atoms with E-state index in [1.807, 2.05) is 6.07 Å². The minimum Gasteiger partial charge on any atom is -0.365 e. The Hall–Kier alpha value is -2.75. The fourth-order valence-electron chi connectivity index (χ4n) is 3.61. The van der Waals surface area contributed by atoms with Crippen LogP contribution >= 0.6 is 0 Å². The van der Waals surface area contributed by atoms with Gasteiger partial charge in [0.25, 0.3) is 11.8 Å². The summed E-state index contributed by atoms with van der Waals surface area (Å²) in [5.74, 6) is -6.94. The highest BCUT2D eigenvalue weighted by Crippen LogP contribution is 2.49. The lowest BCUT2D eigenvalue weighted by atomic mass is 9.85. The zero-order valence-electron chi connectivity index (χ0n) is 15.7. The lowest BCUT2D eigenvalue weighted by Crippen LogP contribution is -2.48. The molecule has 0 radical (unpaired) electrons. The number of nitrogens with two attached hydrogens (primary N) is 1.